The Labute approximate surface area is 170 Å². The van der Waals surface area contributed by atoms with E-state index in [0.717, 1.165) is 5.56 Å². The maximum atomic E-state index is 12.5. The number of pyridine rings is 1. The number of carboxylic acids is 1. The highest BCUT2D eigenvalue weighted by Crippen LogP contribution is 2.35. The minimum Gasteiger partial charge on any atom is -0.506 e. The predicted molar refractivity (Wildman–Crippen MR) is 107 cm³/mol. The number of aliphatic carboxylic acids is 1. The number of nitriles is 1. The summed E-state index contributed by atoms with van der Waals surface area (Å²) in [6, 6.07) is 12.3. The van der Waals surface area contributed by atoms with E-state index in [9.17, 15) is 19.5 Å². The Morgan fingerprint density at radius 3 is 2.70 bits per heavy atom. The van der Waals surface area contributed by atoms with Crippen LogP contribution >= 0.6 is 0 Å². The van der Waals surface area contributed by atoms with E-state index in [-0.39, 0.29) is 16.7 Å². The summed E-state index contributed by atoms with van der Waals surface area (Å²) in [4.78, 5) is 38.1. The fraction of sp³-hybridized carbons (Fsp3) is 0.143. The Bertz CT molecular complexity index is 1260. The molecule has 30 heavy (non-hydrogen) atoms. The summed E-state index contributed by atoms with van der Waals surface area (Å²) in [5.41, 5.74) is 0.719. The van der Waals surface area contributed by atoms with E-state index in [1.165, 1.54) is 7.11 Å². The fourth-order valence-electron chi connectivity index (χ4n) is 3.16. The van der Waals surface area contributed by atoms with Crippen molar-refractivity contribution < 1.29 is 24.5 Å². The average molecular weight is 407 g/mol. The molecule has 9 heteroatoms. The maximum Gasteiger partial charge on any atom is 0.322 e. The molecule has 0 saturated carbocycles. The normalized spacial score (nSPS) is 10.4. The number of fused-ring (bicyclic) bond motifs is 1. The van der Waals surface area contributed by atoms with Gasteiger partial charge in [0, 0.05) is 0 Å². The predicted octanol–water partition coefficient (Wildman–Crippen LogP) is 1.52. The van der Waals surface area contributed by atoms with Gasteiger partial charge in [-0.2, -0.15) is 5.26 Å². The summed E-state index contributed by atoms with van der Waals surface area (Å²) in [5, 5.41) is 30.7. The zero-order chi connectivity index (χ0) is 21.8. The Balaban J connectivity index is 2.16. The van der Waals surface area contributed by atoms with Crippen LogP contribution in [0.4, 0.5) is 0 Å². The number of hydrogen-bond donors (Lipinski definition) is 4. The SMILES string of the molecule is COc1ccc(Cc2cccc(C#N)c2)c2[nH]c(=O)c(C(=O)NCC(=O)O)c(O)c12. The first-order valence-corrected chi connectivity index (χ1v) is 8.79. The van der Waals surface area contributed by atoms with Crippen LogP contribution in [0.2, 0.25) is 0 Å². The number of aromatic hydroxyl groups is 1. The molecule has 0 radical (unpaired) electrons. The Morgan fingerprint density at radius 1 is 1.27 bits per heavy atom. The van der Waals surface area contributed by atoms with Crippen LogP contribution in [0, 0.1) is 11.3 Å². The van der Waals surface area contributed by atoms with Crippen LogP contribution in [0.5, 0.6) is 11.5 Å². The topological polar surface area (TPSA) is 153 Å². The minimum atomic E-state index is -1.29. The molecule has 1 aromatic heterocycles. The van der Waals surface area contributed by atoms with Crippen molar-refractivity contribution >= 4 is 22.8 Å². The smallest absolute Gasteiger partial charge is 0.322 e. The van der Waals surface area contributed by atoms with Gasteiger partial charge in [-0.05, 0) is 35.7 Å². The first-order chi connectivity index (χ1) is 14.3. The number of hydrogen-bond acceptors (Lipinski definition) is 6. The number of methoxy groups -OCH3 is 1. The summed E-state index contributed by atoms with van der Waals surface area (Å²) in [5.74, 6) is -2.70. The van der Waals surface area contributed by atoms with E-state index in [4.69, 9.17) is 15.1 Å². The third-order valence-corrected chi connectivity index (χ3v) is 4.49. The number of amides is 1. The fourth-order valence-corrected chi connectivity index (χ4v) is 3.16. The Hall–Kier alpha value is -4.32. The van der Waals surface area contributed by atoms with Gasteiger partial charge in [-0.25, -0.2) is 0 Å². The molecule has 152 valence electrons. The van der Waals surface area contributed by atoms with Gasteiger partial charge in [-0.15, -0.1) is 0 Å². The van der Waals surface area contributed by atoms with E-state index in [1.807, 2.05) is 6.07 Å². The monoisotopic (exact) mass is 407 g/mol. The standard InChI is InChI=1S/C21H17N3O6/c1-30-14-6-5-13(8-11-3-2-4-12(7-11)9-22)18-16(14)19(27)17(21(29)24-18)20(28)23-10-15(25)26/h2-7H,8,10H2,1H3,(H,23,28)(H,25,26)(H2,24,27,29). The molecule has 1 amide bonds. The van der Waals surface area contributed by atoms with Crippen molar-refractivity contribution in [2.75, 3.05) is 13.7 Å². The number of rotatable bonds is 6. The number of carbonyl (C=O) groups excluding carboxylic acids is 1. The van der Waals surface area contributed by atoms with Crippen molar-refractivity contribution in [3.8, 4) is 17.6 Å². The van der Waals surface area contributed by atoms with Crippen molar-refractivity contribution in [2.45, 2.75) is 6.42 Å². The largest absolute Gasteiger partial charge is 0.506 e. The van der Waals surface area contributed by atoms with Crippen molar-refractivity contribution in [3.63, 3.8) is 0 Å². The van der Waals surface area contributed by atoms with Gasteiger partial charge >= 0.3 is 5.97 Å². The van der Waals surface area contributed by atoms with Gasteiger partial charge in [0.2, 0.25) is 0 Å². The Kier molecular flexibility index (Phi) is 5.69. The van der Waals surface area contributed by atoms with Crippen molar-refractivity contribution in [1.82, 2.24) is 10.3 Å². The van der Waals surface area contributed by atoms with E-state index < -0.39 is 35.3 Å². The molecule has 0 aliphatic heterocycles. The molecule has 4 N–H and O–H groups in total. The molecule has 0 saturated heterocycles. The second-order valence-corrected chi connectivity index (χ2v) is 6.42. The number of benzene rings is 2. The lowest BCUT2D eigenvalue weighted by molar-refractivity contribution is -0.135. The third-order valence-electron chi connectivity index (χ3n) is 4.49. The third kappa shape index (κ3) is 3.93. The molecule has 9 nitrogen and oxygen atoms in total. The lowest BCUT2D eigenvalue weighted by atomic mass is 9.98. The summed E-state index contributed by atoms with van der Waals surface area (Å²) in [6.07, 6.45) is 0.343. The number of nitrogens with one attached hydrogen (secondary N) is 2. The quantitative estimate of drug-likeness (QED) is 0.483. The summed E-state index contributed by atoms with van der Waals surface area (Å²) >= 11 is 0. The van der Waals surface area contributed by atoms with Gasteiger partial charge in [0.15, 0.2) is 0 Å². The molecule has 0 aliphatic rings. The lowest BCUT2D eigenvalue weighted by Crippen LogP contribution is -2.33. The van der Waals surface area contributed by atoms with Gasteiger partial charge < -0.3 is 25.3 Å². The number of H-pyrrole nitrogens is 1. The van der Waals surface area contributed by atoms with Gasteiger partial charge in [-0.3, -0.25) is 14.4 Å². The van der Waals surface area contributed by atoms with Crippen LogP contribution in [-0.4, -0.2) is 40.7 Å². The van der Waals surface area contributed by atoms with Crippen molar-refractivity contribution in [2.24, 2.45) is 0 Å². The number of aromatic amines is 1. The zero-order valence-corrected chi connectivity index (χ0v) is 15.9. The van der Waals surface area contributed by atoms with Crippen LogP contribution < -0.4 is 15.6 Å². The van der Waals surface area contributed by atoms with Crippen LogP contribution in [0.3, 0.4) is 0 Å². The highest BCUT2D eigenvalue weighted by atomic mass is 16.5. The molecule has 0 atom stereocenters. The number of carbonyl (C=O) groups is 2. The molecule has 0 spiro atoms. The van der Waals surface area contributed by atoms with E-state index in [1.54, 1.807) is 30.3 Å². The molecule has 1 heterocycles. The summed E-state index contributed by atoms with van der Waals surface area (Å²) < 4.78 is 5.27. The average Bonchev–Trinajstić information content (AvgIpc) is 2.72. The maximum absolute atomic E-state index is 12.5. The van der Waals surface area contributed by atoms with Crippen LogP contribution in [0.15, 0.2) is 41.2 Å². The van der Waals surface area contributed by atoms with Crippen molar-refractivity contribution in [1.29, 1.82) is 5.26 Å². The molecule has 0 bridgehead atoms. The first-order valence-electron chi connectivity index (χ1n) is 8.79. The highest BCUT2D eigenvalue weighted by Gasteiger charge is 2.23. The zero-order valence-electron chi connectivity index (χ0n) is 15.9. The van der Waals surface area contributed by atoms with Crippen LogP contribution in [0.25, 0.3) is 10.9 Å². The van der Waals surface area contributed by atoms with Gasteiger partial charge in [0.25, 0.3) is 11.5 Å². The molecular formula is C21H17N3O6. The molecule has 0 unspecified atom stereocenters. The molecular weight excluding hydrogens is 390 g/mol. The number of ether oxygens (including phenoxy) is 1. The van der Waals surface area contributed by atoms with E-state index in [2.05, 4.69) is 16.4 Å². The van der Waals surface area contributed by atoms with Gasteiger partial charge in [-0.1, -0.05) is 18.2 Å². The summed E-state index contributed by atoms with van der Waals surface area (Å²) in [7, 11) is 1.37. The second kappa shape index (κ2) is 8.36. The highest BCUT2D eigenvalue weighted by molar-refractivity contribution is 6.05. The van der Waals surface area contributed by atoms with Crippen molar-refractivity contribution in [3.05, 3.63) is 69.0 Å². The Morgan fingerprint density at radius 2 is 2.03 bits per heavy atom. The number of carboxylic acid groups (broad SMARTS) is 1. The minimum absolute atomic E-state index is 0.117. The first kappa shape index (κ1) is 20.4. The number of nitrogens with zero attached hydrogens (tertiary/aromatic N) is 1. The second-order valence-electron chi connectivity index (χ2n) is 6.42. The molecule has 3 aromatic rings. The van der Waals surface area contributed by atoms with Crippen LogP contribution in [0.1, 0.15) is 27.0 Å². The van der Waals surface area contributed by atoms with Gasteiger partial charge in [0.05, 0.1) is 29.6 Å². The van der Waals surface area contributed by atoms with Gasteiger partial charge in [0.1, 0.15) is 23.6 Å². The molecule has 3 rings (SSSR count). The number of aromatic nitrogens is 1. The molecule has 0 fully saturated rings. The van der Waals surface area contributed by atoms with Crippen LogP contribution in [-0.2, 0) is 11.2 Å². The summed E-state index contributed by atoms with van der Waals surface area (Å²) in [6.45, 7) is -0.706. The van der Waals surface area contributed by atoms with E-state index >= 15 is 0 Å². The lowest BCUT2D eigenvalue weighted by Gasteiger charge is -2.14. The molecule has 0 aliphatic carbocycles. The van der Waals surface area contributed by atoms with E-state index in [0.29, 0.717) is 17.5 Å². The molecule has 2 aromatic carbocycles.